The number of hydrogen-bond donors (Lipinski definition) is 1. The van der Waals surface area contributed by atoms with Crippen LogP contribution in [0, 0.1) is 0 Å². The average Bonchev–Trinajstić information content (AvgIpc) is 2.93. The number of rotatable bonds is 6. The molecule has 142 valence electrons. The third-order valence-corrected chi connectivity index (χ3v) is 4.59. The van der Waals surface area contributed by atoms with E-state index in [-0.39, 0.29) is 29.0 Å². The molecule has 0 aliphatic rings. The number of aromatic nitrogens is 5. The van der Waals surface area contributed by atoms with E-state index in [0.717, 1.165) is 6.92 Å². The number of thioether (sulfide) groups is 1. The Kier molecular flexibility index (Phi) is 5.11. The molecule has 0 bridgehead atoms. The smallest absolute Gasteiger partial charge is 0.278 e. The molecule has 3 aromatic heterocycles. The molecule has 0 saturated heterocycles. The molecule has 1 atom stereocenters. The van der Waals surface area contributed by atoms with Crippen LogP contribution in [0.2, 0.25) is 0 Å². The van der Waals surface area contributed by atoms with Crippen molar-refractivity contribution in [2.24, 2.45) is 0 Å². The van der Waals surface area contributed by atoms with Gasteiger partial charge in [0.1, 0.15) is 5.39 Å². The highest BCUT2D eigenvalue weighted by Crippen LogP contribution is 2.27. The highest BCUT2D eigenvalue weighted by atomic mass is 32.2. The number of halogens is 2. The predicted molar refractivity (Wildman–Crippen MR) is 98.5 cm³/mol. The standard InChI is InChI=1S/C17H17F2N5O2S/c1-4-8-23-14(25)10-9-20-16(27-3)22-13(10)24(23)12-7-5-6-11(21-12)17(2,26)15(18)19/h4-7,9,15,26H,1,8H2,2-3H3. The maximum absolute atomic E-state index is 13.2. The van der Waals surface area contributed by atoms with Crippen LogP contribution in [-0.4, -0.2) is 42.1 Å². The predicted octanol–water partition coefficient (Wildman–Crippen LogP) is 2.36. The van der Waals surface area contributed by atoms with Gasteiger partial charge >= 0.3 is 0 Å². The zero-order chi connectivity index (χ0) is 19.8. The molecular weight excluding hydrogens is 376 g/mol. The lowest BCUT2D eigenvalue weighted by Gasteiger charge is -2.22. The van der Waals surface area contributed by atoms with Crippen molar-refractivity contribution >= 4 is 22.8 Å². The fourth-order valence-corrected chi connectivity index (χ4v) is 2.90. The van der Waals surface area contributed by atoms with Gasteiger partial charge in [0, 0.05) is 6.20 Å². The van der Waals surface area contributed by atoms with Crippen molar-refractivity contribution in [3.8, 4) is 5.82 Å². The van der Waals surface area contributed by atoms with Crippen LogP contribution in [0.4, 0.5) is 8.78 Å². The van der Waals surface area contributed by atoms with Crippen LogP contribution < -0.4 is 5.56 Å². The summed E-state index contributed by atoms with van der Waals surface area (Å²) >= 11 is 1.30. The minimum Gasteiger partial charge on any atom is -0.378 e. The summed E-state index contributed by atoms with van der Waals surface area (Å²) in [5.74, 6) is 0.174. The molecule has 0 saturated carbocycles. The van der Waals surface area contributed by atoms with Gasteiger partial charge in [-0.05, 0) is 25.3 Å². The Morgan fingerprint density at radius 3 is 2.78 bits per heavy atom. The van der Waals surface area contributed by atoms with Gasteiger partial charge in [-0.15, -0.1) is 6.58 Å². The van der Waals surface area contributed by atoms with Crippen molar-refractivity contribution in [2.45, 2.75) is 30.7 Å². The molecule has 0 aromatic carbocycles. The van der Waals surface area contributed by atoms with Gasteiger partial charge in [0.25, 0.3) is 12.0 Å². The fourth-order valence-electron chi connectivity index (χ4n) is 2.57. The maximum Gasteiger partial charge on any atom is 0.278 e. The second-order valence-corrected chi connectivity index (χ2v) is 6.68. The van der Waals surface area contributed by atoms with E-state index in [2.05, 4.69) is 21.5 Å². The summed E-state index contributed by atoms with van der Waals surface area (Å²) in [5, 5.41) is 10.8. The van der Waals surface area contributed by atoms with Crippen LogP contribution in [0.5, 0.6) is 0 Å². The first kappa shape index (κ1) is 19.2. The van der Waals surface area contributed by atoms with E-state index in [1.807, 2.05) is 0 Å². The van der Waals surface area contributed by atoms with E-state index >= 15 is 0 Å². The van der Waals surface area contributed by atoms with E-state index in [9.17, 15) is 18.7 Å². The average molecular weight is 393 g/mol. The third-order valence-electron chi connectivity index (χ3n) is 4.03. The number of pyridine rings is 1. The van der Waals surface area contributed by atoms with Crippen LogP contribution in [0.15, 0.2) is 47.0 Å². The quantitative estimate of drug-likeness (QED) is 0.393. The number of hydrogen-bond acceptors (Lipinski definition) is 6. The minimum absolute atomic E-state index is 0.154. The van der Waals surface area contributed by atoms with E-state index in [1.165, 1.54) is 45.5 Å². The number of nitrogens with zero attached hydrogens (tertiary/aromatic N) is 5. The zero-order valence-corrected chi connectivity index (χ0v) is 15.5. The fraction of sp³-hybridized carbons (Fsp3) is 0.294. The van der Waals surface area contributed by atoms with Crippen molar-refractivity contribution < 1.29 is 13.9 Å². The van der Waals surface area contributed by atoms with E-state index in [0.29, 0.717) is 10.8 Å². The Labute approximate surface area is 157 Å². The second kappa shape index (κ2) is 7.20. The topological polar surface area (TPSA) is 85.8 Å². The summed E-state index contributed by atoms with van der Waals surface area (Å²) in [6.07, 6.45) is 1.72. The van der Waals surface area contributed by atoms with Crippen LogP contribution in [0.25, 0.3) is 16.9 Å². The second-order valence-electron chi connectivity index (χ2n) is 5.91. The molecular formula is C17H17F2N5O2S. The van der Waals surface area contributed by atoms with Crippen molar-refractivity contribution in [3.05, 3.63) is 53.1 Å². The van der Waals surface area contributed by atoms with Crippen molar-refractivity contribution in [2.75, 3.05) is 6.26 Å². The summed E-state index contributed by atoms with van der Waals surface area (Å²) in [6, 6.07) is 4.34. The zero-order valence-electron chi connectivity index (χ0n) is 14.6. The number of allylic oxidation sites excluding steroid dienone is 1. The van der Waals surface area contributed by atoms with Crippen LogP contribution in [-0.2, 0) is 12.1 Å². The summed E-state index contributed by atoms with van der Waals surface area (Å²) in [6.45, 7) is 4.79. The normalized spacial score (nSPS) is 13.9. The Bertz CT molecular complexity index is 1060. The van der Waals surface area contributed by atoms with Gasteiger partial charge < -0.3 is 5.11 Å². The summed E-state index contributed by atoms with van der Waals surface area (Å²) in [5.41, 5.74) is -2.71. The molecule has 10 heteroatoms. The van der Waals surface area contributed by atoms with Gasteiger partial charge in [-0.2, -0.15) is 0 Å². The highest BCUT2D eigenvalue weighted by Gasteiger charge is 2.36. The van der Waals surface area contributed by atoms with Gasteiger partial charge in [-0.25, -0.2) is 33.1 Å². The monoisotopic (exact) mass is 393 g/mol. The molecule has 3 aromatic rings. The van der Waals surface area contributed by atoms with Crippen molar-refractivity contribution in [1.82, 2.24) is 24.3 Å². The van der Waals surface area contributed by atoms with E-state index < -0.39 is 12.0 Å². The molecule has 3 heterocycles. The molecule has 0 spiro atoms. The molecule has 27 heavy (non-hydrogen) atoms. The van der Waals surface area contributed by atoms with Crippen molar-refractivity contribution in [3.63, 3.8) is 0 Å². The Morgan fingerprint density at radius 1 is 1.41 bits per heavy atom. The number of aliphatic hydroxyl groups is 1. The van der Waals surface area contributed by atoms with Crippen LogP contribution in [0.3, 0.4) is 0 Å². The Morgan fingerprint density at radius 2 is 2.15 bits per heavy atom. The number of alkyl halides is 2. The largest absolute Gasteiger partial charge is 0.378 e. The van der Waals surface area contributed by atoms with Gasteiger partial charge in [0.05, 0.1) is 12.2 Å². The van der Waals surface area contributed by atoms with Gasteiger partial charge in [0.2, 0.25) is 0 Å². The van der Waals surface area contributed by atoms with Crippen molar-refractivity contribution in [1.29, 1.82) is 0 Å². The van der Waals surface area contributed by atoms with E-state index in [1.54, 1.807) is 12.3 Å². The lowest BCUT2D eigenvalue weighted by Crippen LogP contribution is -2.32. The molecule has 3 rings (SSSR count). The molecule has 0 aliphatic carbocycles. The van der Waals surface area contributed by atoms with Gasteiger partial charge in [0.15, 0.2) is 22.2 Å². The van der Waals surface area contributed by atoms with E-state index in [4.69, 9.17) is 0 Å². The van der Waals surface area contributed by atoms with Crippen LogP contribution >= 0.6 is 11.8 Å². The maximum atomic E-state index is 13.2. The molecule has 0 fully saturated rings. The first-order valence-corrected chi connectivity index (χ1v) is 9.15. The summed E-state index contributed by atoms with van der Waals surface area (Å²) < 4.78 is 29.2. The molecule has 1 unspecified atom stereocenters. The molecule has 7 nitrogen and oxygen atoms in total. The van der Waals surface area contributed by atoms with Gasteiger partial charge in [-0.3, -0.25) is 4.79 Å². The molecule has 1 N–H and O–H groups in total. The first-order valence-electron chi connectivity index (χ1n) is 7.93. The number of fused-ring (bicyclic) bond motifs is 1. The SMILES string of the molecule is C=CCn1c(=O)c2cnc(SC)nc2n1-c1cccc(C(C)(O)C(F)F)n1. The lowest BCUT2D eigenvalue weighted by atomic mass is 10.0. The Hall–Kier alpha value is -2.59. The molecule has 0 radical (unpaired) electrons. The summed E-state index contributed by atoms with van der Waals surface area (Å²) in [4.78, 5) is 25.4. The highest BCUT2D eigenvalue weighted by molar-refractivity contribution is 7.98. The lowest BCUT2D eigenvalue weighted by molar-refractivity contribution is -0.0910. The minimum atomic E-state index is -3.03. The van der Waals surface area contributed by atoms with Crippen LogP contribution in [0.1, 0.15) is 12.6 Å². The Balaban J connectivity index is 2.32. The van der Waals surface area contributed by atoms with Gasteiger partial charge in [-0.1, -0.05) is 23.9 Å². The molecule has 0 amide bonds. The summed E-state index contributed by atoms with van der Waals surface area (Å²) in [7, 11) is 0. The molecule has 0 aliphatic heterocycles. The first-order chi connectivity index (χ1) is 12.8. The third kappa shape index (κ3) is 3.26.